The molecule has 6 heteroatoms. The second-order valence-electron chi connectivity index (χ2n) is 3.74. The van der Waals surface area contributed by atoms with Crippen LogP contribution in [-0.4, -0.2) is 44.4 Å². The van der Waals surface area contributed by atoms with Crippen LogP contribution in [0.3, 0.4) is 0 Å². The third-order valence-corrected chi connectivity index (χ3v) is 2.34. The standard InChI is InChI=1S/2C5H10N2O/c8-5-1-3-6-7-4-2-5;8-5-1-2-6-3-4-7-5/h6-7H,1-4H2;6H,1-4H2,(H,7,8). The third-order valence-electron chi connectivity index (χ3n) is 2.34. The molecule has 0 spiro atoms. The Bertz CT molecular complexity index is 189. The van der Waals surface area contributed by atoms with Gasteiger partial charge in [0.05, 0.1) is 0 Å². The molecule has 0 unspecified atom stereocenters. The van der Waals surface area contributed by atoms with Gasteiger partial charge in [0.2, 0.25) is 5.91 Å². The van der Waals surface area contributed by atoms with Crippen molar-refractivity contribution >= 4 is 11.7 Å². The van der Waals surface area contributed by atoms with E-state index in [0.29, 0.717) is 25.0 Å². The molecule has 0 aliphatic carbocycles. The highest BCUT2D eigenvalue weighted by molar-refractivity contribution is 5.78. The fourth-order valence-corrected chi connectivity index (χ4v) is 1.41. The van der Waals surface area contributed by atoms with Gasteiger partial charge in [-0.1, -0.05) is 0 Å². The van der Waals surface area contributed by atoms with Crippen molar-refractivity contribution in [1.82, 2.24) is 21.5 Å². The Balaban J connectivity index is 0.000000160. The lowest BCUT2D eigenvalue weighted by Crippen LogP contribution is -2.30. The Labute approximate surface area is 95.5 Å². The van der Waals surface area contributed by atoms with Crippen LogP contribution in [0.1, 0.15) is 19.3 Å². The number of Topliss-reactive ketones (excluding diaryl/α,β-unsaturated/α-hetero) is 1. The van der Waals surface area contributed by atoms with E-state index in [1.165, 1.54) is 0 Å². The topological polar surface area (TPSA) is 82.3 Å². The predicted octanol–water partition coefficient (Wildman–Crippen LogP) is -1.46. The summed E-state index contributed by atoms with van der Waals surface area (Å²) >= 11 is 0. The Morgan fingerprint density at radius 3 is 2.12 bits per heavy atom. The maximum absolute atomic E-state index is 10.6. The van der Waals surface area contributed by atoms with E-state index in [-0.39, 0.29) is 5.91 Å². The molecule has 2 aliphatic rings. The second-order valence-corrected chi connectivity index (χ2v) is 3.74. The minimum Gasteiger partial charge on any atom is -0.355 e. The van der Waals surface area contributed by atoms with Crippen molar-refractivity contribution in [2.45, 2.75) is 19.3 Å². The van der Waals surface area contributed by atoms with E-state index < -0.39 is 0 Å². The van der Waals surface area contributed by atoms with Gasteiger partial charge in [-0.05, 0) is 0 Å². The first-order valence-electron chi connectivity index (χ1n) is 5.74. The maximum Gasteiger partial charge on any atom is 0.221 e. The van der Waals surface area contributed by atoms with E-state index in [4.69, 9.17) is 0 Å². The van der Waals surface area contributed by atoms with Crippen LogP contribution < -0.4 is 21.5 Å². The van der Waals surface area contributed by atoms with Crippen LogP contribution in [0.15, 0.2) is 0 Å². The summed E-state index contributed by atoms with van der Waals surface area (Å²) in [5.41, 5.74) is 5.81. The molecule has 2 fully saturated rings. The van der Waals surface area contributed by atoms with E-state index in [9.17, 15) is 9.59 Å². The lowest BCUT2D eigenvalue weighted by Gasteiger charge is -1.94. The number of amides is 1. The molecule has 0 atom stereocenters. The van der Waals surface area contributed by atoms with Gasteiger partial charge in [0.25, 0.3) is 0 Å². The number of ketones is 1. The lowest BCUT2D eigenvalue weighted by atomic mass is 10.2. The summed E-state index contributed by atoms with van der Waals surface area (Å²) in [5.74, 6) is 0.512. The van der Waals surface area contributed by atoms with Crippen LogP contribution in [-0.2, 0) is 9.59 Å². The minimum absolute atomic E-state index is 0.162. The number of rotatable bonds is 0. The average Bonchev–Trinajstić information content (AvgIpc) is 2.64. The number of nitrogens with one attached hydrogen (secondary N) is 4. The first-order chi connectivity index (χ1) is 7.79. The fourth-order valence-electron chi connectivity index (χ4n) is 1.41. The molecule has 0 bridgehead atoms. The van der Waals surface area contributed by atoms with Gasteiger partial charge in [-0.15, -0.1) is 0 Å². The van der Waals surface area contributed by atoms with Crippen molar-refractivity contribution in [3.63, 3.8) is 0 Å². The first kappa shape index (κ1) is 13.1. The summed E-state index contributed by atoms with van der Waals surface area (Å²) in [6.07, 6.45) is 1.97. The number of hydrogen-bond donors (Lipinski definition) is 4. The van der Waals surface area contributed by atoms with E-state index in [1.54, 1.807) is 0 Å². The summed E-state index contributed by atoms with van der Waals surface area (Å²) < 4.78 is 0. The monoisotopic (exact) mass is 228 g/mol. The second kappa shape index (κ2) is 8.20. The Kier molecular flexibility index (Phi) is 6.71. The van der Waals surface area contributed by atoms with Crippen molar-refractivity contribution in [3.8, 4) is 0 Å². The van der Waals surface area contributed by atoms with Gasteiger partial charge in [-0.2, -0.15) is 0 Å². The van der Waals surface area contributed by atoms with Gasteiger partial charge in [0.1, 0.15) is 5.78 Å². The van der Waals surface area contributed by atoms with Crippen LogP contribution >= 0.6 is 0 Å². The normalized spacial score (nSPS) is 22.2. The first-order valence-corrected chi connectivity index (χ1v) is 5.74. The van der Waals surface area contributed by atoms with Crippen molar-refractivity contribution in [2.75, 3.05) is 32.7 Å². The van der Waals surface area contributed by atoms with Crippen molar-refractivity contribution in [3.05, 3.63) is 0 Å². The SMILES string of the molecule is O=C1CCNCCN1.O=C1CCNNCC1. The van der Waals surface area contributed by atoms with E-state index in [2.05, 4.69) is 21.5 Å². The molecule has 0 aromatic rings. The largest absolute Gasteiger partial charge is 0.355 e. The summed E-state index contributed by atoms with van der Waals surface area (Å²) in [4.78, 5) is 21.1. The third kappa shape index (κ3) is 6.49. The minimum atomic E-state index is 0.162. The molecule has 2 saturated heterocycles. The average molecular weight is 228 g/mol. The molecular formula is C10H20N4O2. The zero-order valence-corrected chi connectivity index (χ0v) is 9.47. The quantitative estimate of drug-likeness (QED) is 0.407. The van der Waals surface area contributed by atoms with E-state index in [1.807, 2.05) is 0 Å². The maximum atomic E-state index is 10.6. The number of hydrazine groups is 1. The molecule has 92 valence electrons. The summed E-state index contributed by atoms with van der Waals surface area (Å²) in [6.45, 7) is 4.06. The highest BCUT2D eigenvalue weighted by atomic mass is 16.1. The molecule has 1 amide bonds. The number of carbonyl (C=O) groups is 2. The van der Waals surface area contributed by atoms with Crippen molar-refractivity contribution in [1.29, 1.82) is 0 Å². The van der Waals surface area contributed by atoms with E-state index in [0.717, 1.165) is 32.7 Å². The van der Waals surface area contributed by atoms with Crippen molar-refractivity contribution < 1.29 is 9.59 Å². The van der Waals surface area contributed by atoms with Gasteiger partial charge in [-0.3, -0.25) is 20.4 Å². The number of hydrogen-bond acceptors (Lipinski definition) is 5. The molecule has 2 aliphatic heterocycles. The molecule has 0 aromatic heterocycles. The Morgan fingerprint density at radius 2 is 1.44 bits per heavy atom. The summed E-state index contributed by atoms with van der Waals surface area (Å²) in [7, 11) is 0. The molecule has 0 aromatic carbocycles. The van der Waals surface area contributed by atoms with Gasteiger partial charge >= 0.3 is 0 Å². The molecule has 16 heavy (non-hydrogen) atoms. The van der Waals surface area contributed by atoms with Gasteiger partial charge in [0, 0.05) is 52.0 Å². The Morgan fingerprint density at radius 1 is 0.750 bits per heavy atom. The fraction of sp³-hybridized carbons (Fsp3) is 0.800. The van der Waals surface area contributed by atoms with Gasteiger partial charge < -0.3 is 10.6 Å². The number of carbonyl (C=O) groups excluding carboxylic acids is 2. The molecule has 2 rings (SSSR count). The zero-order valence-electron chi connectivity index (χ0n) is 9.47. The molecule has 0 saturated carbocycles. The molecule has 2 heterocycles. The summed E-state index contributed by atoms with van der Waals surface area (Å²) in [6, 6.07) is 0. The molecule has 0 radical (unpaired) electrons. The van der Waals surface area contributed by atoms with Crippen molar-refractivity contribution in [2.24, 2.45) is 0 Å². The van der Waals surface area contributed by atoms with Gasteiger partial charge in [0.15, 0.2) is 0 Å². The molecule has 4 N–H and O–H groups in total. The highest BCUT2D eigenvalue weighted by Crippen LogP contribution is 1.88. The summed E-state index contributed by atoms with van der Waals surface area (Å²) in [5, 5.41) is 5.84. The van der Waals surface area contributed by atoms with Gasteiger partial charge in [-0.25, -0.2) is 0 Å². The Hall–Kier alpha value is -0.980. The van der Waals surface area contributed by atoms with Crippen LogP contribution in [0.25, 0.3) is 0 Å². The molecular weight excluding hydrogens is 208 g/mol. The van der Waals surface area contributed by atoms with E-state index >= 15 is 0 Å². The lowest BCUT2D eigenvalue weighted by molar-refractivity contribution is -0.120. The molecule has 6 nitrogen and oxygen atoms in total. The highest BCUT2D eigenvalue weighted by Gasteiger charge is 2.03. The van der Waals surface area contributed by atoms with Crippen LogP contribution in [0.5, 0.6) is 0 Å². The van der Waals surface area contributed by atoms with Crippen LogP contribution in [0.4, 0.5) is 0 Å². The van der Waals surface area contributed by atoms with Crippen LogP contribution in [0.2, 0.25) is 0 Å². The van der Waals surface area contributed by atoms with Crippen LogP contribution in [0, 0.1) is 0 Å². The predicted molar refractivity (Wildman–Crippen MR) is 60.7 cm³/mol. The zero-order chi connectivity index (χ0) is 11.6. The smallest absolute Gasteiger partial charge is 0.221 e.